The van der Waals surface area contributed by atoms with Crippen LogP contribution in [0.1, 0.15) is 12.5 Å². The molecule has 8 heteroatoms. The highest BCUT2D eigenvalue weighted by atomic mass is 32.1. The number of carbonyl (C=O) groups is 3. The number of aromatic nitrogens is 1. The Morgan fingerprint density at radius 3 is 2.64 bits per heavy atom. The first-order chi connectivity index (χ1) is 13.4. The number of rotatable bonds is 3. The summed E-state index contributed by atoms with van der Waals surface area (Å²) in [6.07, 6.45) is 1.78. The van der Waals surface area contributed by atoms with E-state index in [2.05, 4.69) is 10.3 Å². The van der Waals surface area contributed by atoms with Crippen molar-refractivity contribution in [1.29, 1.82) is 0 Å². The molecule has 1 N–H and O–H groups in total. The Balaban J connectivity index is 1.62. The molecule has 1 fully saturated rings. The fourth-order valence-corrected chi connectivity index (χ4v) is 4.00. The number of imide groups is 1. The van der Waals surface area contributed by atoms with Gasteiger partial charge < -0.3 is 9.88 Å². The van der Waals surface area contributed by atoms with Gasteiger partial charge in [0.25, 0.3) is 11.8 Å². The van der Waals surface area contributed by atoms with Crippen LogP contribution in [0.4, 0.5) is 4.79 Å². The summed E-state index contributed by atoms with van der Waals surface area (Å²) >= 11 is 1.31. The molecule has 1 aromatic heterocycles. The van der Waals surface area contributed by atoms with Crippen LogP contribution in [-0.4, -0.2) is 33.9 Å². The van der Waals surface area contributed by atoms with E-state index in [9.17, 15) is 14.4 Å². The molecule has 4 amide bonds. The smallest absolute Gasteiger partial charge is 0.325 e. The van der Waals surface area contributed by atoms with Crippen molar-refractivity contribution in [2.45, 2.75) is 12.5 Å². The zero-order valence-electron chi connectivity index (χ0n) is 15.4. The van der Waals surface area contributed by atoms with E-state index in [1.54, 1.807) is 30.1 Å². The zero-order chi connectivity index (χ0) is 19.9. The van der Waals surface area contributed by atoms with Crippen LogP contribution >= 0.6 is 11.3 Å². The highest BCUT2D eigenvalue weighted by molar-refractivity contribution is 7.07. The Morgan fingerprint density at radius 1 is 1.18 bits per heavy atom. The van der Waals surface area contributed by atoms with Gasteiger partial charge in [-0.15, -0.1) is 11.3 Å². The molecular formula is C20H18N4O3S. The first kappa shape index (κ1) is 18.1. The van der Waals surface area contributed by atoms with Crippen LogP contribution in [0.3, 0.4) is 0 Å². The van der Waals surface area contributed by atoms with Gasteiger partial charge in [-0.25, -0.2) is 4.79 Å². The molecule has 3 aromatic rings. The van der Waals surface area contributed by atoms with E-state index in [0.717, 1.165) is 15.7 Å². The molecule has 0 radical (unpaired) electrons. The standard InChI is InChI=1S/C20H18N4O3S/c1-20(15-8-7-13-5-3-4-6-14(13)11-15)17(26)24(18(27)22-20)12-16(25)21-19-23(2)9-10-28-19/h3-11H,12H2,1-2H3,(H,22,27). The van der Waals surface area contributed by atoms with Gasteiger partial charge >= 0.3 is 6.03 Å². The van der Waals surface area contributed by atoms with Gasteiger partial charge in [0.05, 0.1) is 0 Å². The quantitative estimate of drug-likeness (QED) is 0.691. The molecule has 1 aliphatic heterocycles. The first-order valence-electron chi connectivity index (χ1n) is 8.69. The van der Waals surface area contributed by atoms with Gasteiger partial charge in [-0.05, 0) is 29.3 Å². The molecule has 0 saturated carbocycles. The fraction of sp³-hybridized carbons (Fsp3) is 0.200. The number of fused-ring (bicyclic) bond motifs is 1. The molecule has 142 valence electrons. The Kier molecular flexibility index (Phi) is 4.35. The van der Waals surface area contributed by atoms with Gasteiger partial charge in [-0.3, -0.25) is 14.5 Å². The van der Waals surface area contributed by atoms with Crippen molar-refractivity contribution in [3.05, 3.63) is 64.4 Å². The normalized spacial score (nSPS) is 20.1. The zero-order valence-corrected chi connectivity index (χ0v) is 16.2. The minimum atomic E-state index is -1.23. The number of hydrogen-bond donors (Lipinski definition) is 1. The largest absolute Gasteiger partial charge is 0.327 e. The molecule has 1 atom stereocenters. The van der Waals surface area contributed by atoms with Crippen molar-refractivity contribution >= 4 is 40.0 Å². The Morgan fingerprint density at radius 2 is 1.93 bits per heavy atom. The van der Waals surface area contributed by atoms with Gasteiger partial charge in [-0.2, -0.15) is 4.99 Å². The van der Waals surface area contributed by atoms with Crippen molar-refractivity contribution in [3.63, 3.8) is 0 Å². The molecule has 1 saturated heterocycles. The van der Waals surface area contributed by atoms with Crippen LogP contribution in [0.25, 0.3) is 10.8 Å². The number of urea groups is 1. The van der Waals surface area contributed by atoms with E-state index >= 15 is 0 Å². The van der Waals surface area contributed by atoms with Crippen molar-refractivity contribution in [2.75, 3.05) is 6.54 Å². The molecule has 0 spiro atoms. The minimum absolute atomic E-state index is 0.397. The van der Waals surface area contributed by atoms with Crippen molar-refractivity contribution in [3.8, 4) is 0 Å². The molecule has 1 unspecified atom stereocenters. The van der Waals surface area contributed by atoms with Crippen LogP contribution < -0.4 is 10.1 Å². The molecule has 28 heavy (non-hydrogen) atoms. The lowest BCUT2D eigenvalue weighted by Crippen LogP contribution is -2.41. The molecule has 2 heterocycles. The van der Waals surface area contributed by atoms with Crippen LogP contribution in [0.15, 0.2) is 59.0 Å². The Labute approximate surface area is 164 Å². The summed E-state index contributed by atoms with van der Waals surface area (Å²) in [7, 11) is 1.77. The monoisotopic (exact) mass is 394 g/mol. The number of hydrogen-bond acceptors (Lipinski definition) is 4. The summed E-state index contributed by atoms with van der Waals surface area (Å²) in [6.45, 7) is 1.25. The number of benzene rings is 2. The predicted octanol–water partition coefficient (Wildman–Crippen LogP) is 2.13. The number of aryl methyl sites for hydroxylation is 1. The Hall–Kier alpha value is -3.26. The fourth-order valence-electron chi connectivity index (χ4n) is 3.25. The number of carbonyl (C=O) groups excluding carboxylic acids is 3. The van der Waals surface area contributed by atoms with Crippen LogP contribution in [-0.2, 0) is 22.2 Å². The molecule has 0 bridgehead atoms. The van der Waals surface area contributed by atoms with Gasteiger partial charge in [0, 0.05) is 18.6 Å². The van der Waals surface area contributed by atoms with Crippen molar-refractivity contribution < 1.29 is 14.4 Å². The molecule has 2 aromatic carbocycles. The summed E-state index contributed by atoms with van der Waals surface area (Å²) in [4.78, 5) is 43.2. The third-order valence-corrected chi connectivity index (χ3v) is 5.72. The topological polar surface area (TPSA) is 83.8 Å². The van der Waals surface area contributed by atoms with E-state index in [-0.39, 0.29) is 0 Å². The SMILES string of the molecule is Cn1ccsc1=NC(=O)CN1C(=O)NC(C)(c2ccc3ccccc3c2)C1=O. The maximum absolute atomic E-state index is 13.0. The lowest BCUT2D eigenvalue weighted by atomic mass is 9.90. The van der Waals surface area contributed by atoms with Crippen molar-refractivity contribution in [2.24, 2.45) is 12.0 Å². The van der Waals surface area contributed by atoms with E-state index < -0.39 is 29.9 Å². The lowest BCUT2D eigenvalue weighted by molar-refractivity contribution is -0.134. The first-order valence-corrected chi connectivity index (χ1v) is 9.57. The second-order valence-corrected chi connectivity index (χ2v) is 7.68. The number of amides is 4. The Bertz CT molecular complexity index is 1180. The van der Waals surface area contributed by atoms with Crippen LogP contribution in [0.2, 0.25) is 0 Å². The summed E-state index contributed by atoms with van der Waals surface area (Å²) < 4.78 is 1.70. The maximum atomic E-state index is 13.0. The molecule has 1 aliphatic rings. The summed E-state index contributed by atoms with van der Waals surface area (Å²) in [5.74, 6) is -1.02. The summed E-state index contributed by atoms with van der Waals surface area (Å²) in [5.41, 5.74) is -0.560. The predicted molar refractivity (Wildman–Crippen MR) is 105 cm³/mol. The minimum Gasteiger partial charge on any atom is -0.327 e. The third-order valence-electron chi connectivity index (χ3n) is 4.88. The van der Waals surface area contributed by atoms with E-state index in [4.69, 9.17) is 0 Å². The molecule has 0 aliphatic carbocycles. The number of nitrogens with zero attached hydrogens (tertiary/aromatic N) is 3. The second-order valence-electron chi connectivity index (χ2n) is 6.81. The van der Waals surface area contributed by atoms with Gasteiger partial charge in [0.1, 0.15) is 12.1 Å². The summed E-state index contributed by atoms with van der Waals surface area (Å²) in [6, 6.07) is 12.8. The molecular weight excluding hydrogens is 376 g/mol. The second kappa shape index (κ2) is 6.72. The average molecular weight is 394 g/mol. The van der Waals surface area contributed by atoms with Crippen LogP contribution in [0.5, 0.6) is 0 Å². The van der Waals surface area contributed by atoms with E-state index in [1.807, 2.05) is 42.5 Å². The summed E-state index contributed by atoms with van der Waals surface area (Å²) in [5, 5.41) is 6.54. The number of thiazole rings is 1. The van der Waals surface area contributed by atoms with Crippen LogP contribution in [0, 0.1) is 0 Å². The highest BCUT2D eigenvalue weighted by Crippen LogP contribution is 2.30. The van der Waals surface area contributed by atoms with Gasteiger partial charge in [0.2, 0.25) is 0 Å². The molecule has 4 rings (SSSR count). The van der Waals surface area contributed by atoms with E-state index in [0.29, 0.717) is 10.4 Å². The van der Waals surface area contributed by atoms with E-state index in [1.165, 1.54) is 11.3 Å². The lowest BCUT2D eigenvalue weighted by Gasteiger charge is -2.22. The van der Waals surface area contributed by atoms with Gasteiger partial charge in [-0.1, -0.05) is 36.4 Å². The maximum Gasteiger partial charge on any atom is 0.325 e. The average Bonchev–Trinajstić information content (AvgIpc) is 3.17. The van der Waals surface area contributed by atoms with Crippen molar-refractivity contribution in [1.82, 2.24) is 14.8 Å². The number of nitrogens with one attached hydrogen (secondary N) is 1. The molecule has 7 nitrogen and oxygen atoms in total. The van der Waals surface area contributed by atoms with Gasteiger partial charge in [0.15, 0.2) is 4.80 Å². The highest BCUT2D eigenvalue weighted by Gasteiger charge is 2.49. The third kappa shape index (κ3) is 3.01.